The van der Waals surface area contributed by atoms with Crippen molar-refractivity contribution in [2.24, 2.45) is 5.92 Å². The highest BCUT2D eigenvalue weighted by molar-refractivity contribution is 5.97. The Hall–Kier alpha value is -4.40. The van der Waals surface area contributed by atoms with Gasteiger partial charge in [0.15, 0.2) is 11.5 Å². The van der Waals surface area contributed by atoms with Gasteiger partial charge in [-0.2, -0.15) is 5.10 Å². The number of hydrogen-bond acceptors (Lipinski definition) is 5. The van der Waals surface area contributed by atoms with Gasteiger partial charge in [-0.15, -0.1) is 0 Å². The molecule has 4 N–H and O–H groups in total. The van der Waals surface area contributed by atoms with Gasteiger partial charge < -0.3 is 15.6 Å². The van der Waals surface area contributed by atoms with E-state index in [1.54, 1.807) is 18.3 Å². The number of nitrogens with one attached hydrogen (secondary N) is 4. The first-order valence-electron chi connectivity index (χ1n) is 14.5. The minimum atomic E-state index is -0.280. The van der Waals surface area contributed by atoms with Crippen molar-refractivity contribution in [2.45, 2.75) is 32.7 Å². The van der Waals surface area contributed by atoms with E-state index in [1.165, 1.54) is 18.4 Å². The van der Waals surface area contributed by atoms with Crippen molar-refractivity contribution < 1.29 is 4.39 Å². The molecule has 1 aliphatic rings. The Balaban J connectivity index is 1.36. The lowest BCUT2D eigenvalue weighted by Crippen LogP contribution is -2.27. The number of pyridine rings is 1. The molecule has 5 aromatic rings. The van der Waals surface area contributed by atoms with Crippen LogP contribution in [-0.4, -0.2) is 45.3 Å². The minimum absolute atomic E-state index is 0.280. The average Bonchev–Trinajstić information content (AvgIpc) is 3.63. The van der Waals surface area contributed by atoms with Crippen LogP contribution in [0.25, 0.3) is 50.3 Å². The molecule has 4 heterocycles. The van der Waals surface area contributed by atoms with Gasteiger partial charge in [0.05, 0.1) is 11.0 Å². The van der Waals surface area contributed by atoms with Crippen molar-refractivity contribution in [3.63, 3.8) is 0 Å². The summed E-state index contributed by atoms with van der Waals surface area (Å²) in [7, 11) is 1.85. The summed E-state index contributed by atoms with van der Waals surface area (Å²) in [6.07, 6.45) is 11.5. The SMILES string of the molecule is C=C/C(=C\C(=C/C)c1ccc2[nH]nc(-c3nc4nccc(-c5cc(F)cc(CNC)c5)c4[nH]3)c2c1)CC1CCNCC1. The summed E-state index contributed by atoms with van der Waals surface area (Å²) in [4.78, 5) is 12.7. The van der Waals surface area contributed by atoms with Crippen LogP contribution in [0.3, 0.4) is 0 Å². The van der Waals surface area contributed by atoms with Gasteiger partial charge >= 0.3 is 0 Å². The van der Waals surface area contributed by atoms with E-state index in [4.69, 9.17) is 4.98 Å². The van der Waals surface area contributed by atoms with E-state index < -0.39 is 0 Å². The number of halogens is 1. The molecule has 0 amide bonds. The van der Waals surface area contributed by atoms with Gasteiger partial charge in [0.1, 0.15) is 11.5 Å². The molecule has 0 radical (unpaired) electrons. The second kappa shape index (κ2) is 12.2. The molecule has 0 atom stereocenters. The van der Waals surface area contributed by atoms with Crippen LogP contribution >= 0.6 is 0 Å². The number of piperidine rings is 1. The third-order valence-corrected chi connectivity index (χ3v) is 8.06. The molecule has 1 fully saturated rings. The number of aromatic nitrogens is 5. The van der Waals surface area contributed by atoms with Crippen molar-refractivity contribution >= 4 is 27.6 Å². The van der Waals surface area contributed by atoms with Crippen molar-refractivity contribution in [2.75, 3.05) is 20.1 Å². The van der Waals surface area contributed by atoms with Crippen molar-refractivity contribution in [3.8, 4) is 22.6 Å². The molecule has 7 nitrogen and oxygen atoms in total. The van der Waals surface area contributed by atoms with Crippen molar-refractivity contribution in [1.82, 2.24) is 35.8 Å². The first kappa shape index (κ1) is 27.8. The molecule has 8 heteroatoms. The lowest BCUT2D eigenvalue weighted by molar-refractivity contribution is 0.374. The number of benzene rings is 2. The topological polar surface area (TPSA) is 94.3 Å². The van der Waals surface area contributed by atoms with Crippen LogP contribution in [0.5, 0.6) is 0 Å². The summed E-state index contributed by atoms with van der Waals surface area (Å²) in [6.45, 7) is 8.92. The van der Waals surface area contributed by atoms with Gasteiger partial charge in [-0.3, -0.25) is 5.10 Å². The summed E-state index contributed by atoms with van der Waals surface area (Å²) in [5, 5.41) is 15.3. The smallest absolute Gasteiger partial charge is 0.178 e. The summed E-state index contributed by atoms with van der Waals surface area (Å²) >= 11 is 0. The Kier molecular flexibility index (Phi) is 8.08. The van der Waals surface area contributed by atoms with Gasteiger partial charge in [-0.25, -0.2) is 14.4 Å². The van der Waals surface area contributed by atoms with Gasteiger partial charge in [-0.1, -0.05) is 30.9 Å². The highest BCUT2D eigenvalue weighted by Gasteiger charge is 2.18. The Morgan fingerprint density at radius 2 is 2.00 bits per heavy atom. The van der Waals surface area contributed by atoms with Crippen LogP contribution < -0.4 is 10.6 Å². The predicted octanol–water partition coefficient (Wildman–Crippen LogP) is 6.93. The zero-order chi connectivity index (χ0) is 29.1. The summed E-state index contributed by atoms with van der Waals surface area (Å²) < 4.78 is 14.5. The molecule has 0 saturated carbocycles. The molecule has 3 aromatic heterocycles. The highest BCUT2D eigenvalue weighted by Crippen LogP contribution is 2.33. The number of H-pyrrole nitrogens is 2. The molecule has 0 bridgehead atoms. The van der Waals surface area contributed by atoms with Crippen molar-refractivity contribution in [1.29, 1.82) is 0 Å². The first-order chi connectivity index (χ1) is 20.6. The maximum Gasteiger partial charge on any atom is 0.178 e. The van der Waals surface area contributed by atoms with Crippen LogP contribution in [0.4, 0.5) is 4.39 Å². The normalized spacial score (nSPS) is 15.1. The number of imidazole rings is 1. The molecule has 0 aliphatic carbocycles. The standard InChI is InChI=1S/C34H36FN7/c1-4-21(14-22-8-11-37-12-9-22)15-24(5-2)25-6-7-30-29(19-25)32(42-41-30)34-39-31-28(10-13-38-33(31)40-34)26-16-23(20-36-3)17-27(35)18-26/h4-7,10,13,15-19,22,36-37H,1,8-9,11-12,14,20H2,2-3H3,(H,41,42)(H,38,39,40)/b21-15+,24-5+. The highest BCUT2D eigenvalue weighted by atomic mass is 19.1. The van der Waals surface area contributed by atoms with Gasteiger partial charge in [-0.05, 0) is 116 Å². The van der Waals surface area contributed by atoms with Gasteiger partial charge in [0, 0.05) is 23.7 Å². The van der Waals surface area contributed by atoms with E-state index >= 15 is 0 Å². The quantitative estimate of drug-likeness (QED) is 0.146. The largest absolute Gasteiger partial charge is 0.335 e. The molecule has 1 saturated heterocycles. The van der Waals surface area contributed by atoms with E-state index in [0.717, 1.165) is 63.8 Å². The number of allylic oxidation sites excluding steroid dienone is 5. The Morgan fingerprint density at radius 3 is 2.79 bits per heavy atom. The summed E-state index contributed by atoms with van der Waals surface area (Å²) in [6, 6.07) is 13.3. The van der Waals surface area contributed by atoms with Crippen LogP contribution in [-0.2, 0) is 6.54 Å². The zero-order valence-electron chi connectivity index (χ0n) is 24.1. The maximum absolute atomic E-state index is 14.5. The maximum atomic E-state index is 14.5. The summed E-state index contributed by atoms with van der Waals surface area (Å²) in [5.74, 6) is 1.01. The Bertz CT molecular complexity index is 1800. The van der Waals surface area contributed by atoms with Crippen LogP contribution in [0.2, 0.25) is 0 Å². The van der Waals surface area contributed by atoms with E-state index in [-0.39, 0.29) is 5.82 Å². The molecule has 6 rings (SSSR count). The fraction of sp³-hybridized carbons (Fsp3) is 0.265. The number of hydrogen-bond donors (Lipinski definition) is 4. The van der Waals surface area contributed by atoms with Crippen LogP contribution in [0.15, 0.2) is 79.0 Å². The third-order valence-electron chi connectivity index (χ3n) is 8.06. The van der Waals surface area contributed by atoms with Gasteiger partial charge in [0.2, 0.25) is 0 Å². The van der Waals surface area contributed by atoms with E-state index in [0.29, 0.717) is 29.6 Å². The number of fused-ring (bicyclic) bond motifs is 2. The van der Waals surface area contributed by atoms with Crippen molar-refractivity contribution in [3.05, 3.63) is 96.0 Å². The second-order valence-corrected chi connectivity index (χ2v) is 10.9. The molecular formula is C34H36FN7. The summed E-state index contributed by atoms with van der Waals surface area (Å²) in [5.41, 5.74) is 8.90. The molecule has 1 aliphatic heterocycles. The number of nitrogens with zero attached hydrogens (tertiary/aromatic N) is 3. The van der Waals surface area contributed by atoms with E-state index in [9.17, 15) is 4.39 Å². The zero-order valence-corrected chi connectivity index (χ0v) is 24.1. The third kappa shape index (κ3) is 5.68. The lowest BCUT2D eigenvalue weighted by Gasteiger charge is -2.23. The number of rotatable bonds is 9. The Labute approximate surface area is 245 Å². The second-order valence-electron chi connectivity index (χ2n) is 10.9. The Morgan fingerprint density at radius 1 is 1.14 bits per heavy atom. The van der Waals surface area contributed by atoms with E-state index in [1.807, 2.05) is 25.3 Å². The molecule has 0 spiro atoms. The van der Waals surface area contributed by atoms with Gasteiger partial charge in [0.25, 0.3) is 0 Å². The fourth-order valence-corrected chi connectivity index (χ4v) is 5.90. The predicted molar refractivity (Wildman–Crippen MR) is 169 cm³/mol. The van der Waals surface area contributed by atoms with Crippen LogP contribution in [0, 0.1) is 11.7 Å². The van der Waals surface area contributed by atoms with Crippen LogP contribution in [0.1, 0.15) is 37.3 Å². The fourth-order valence-electron chi connectivity index (χ4n) is 5.90. The molecular weight excluding hydrogens is 525 g/mol. The average molecular weight is 562 g/mol. The number of aromatic amines is 2. The lowest BCUT2D eigenvalue weighted by atomic mass is 9.89. The molecule has 0 unspecified atom stereocenters. The first-order valence-corrected chi connectivity index (χ1v) is 14.5. The monoisotopic (exact) mass is 561 g/mol. The molecule has 214 valence electrons. The van der Waals surface area contributed by atoms with E-state index in [2.05, 4.69) is 74.7 Å². The molecule has 2 aromatic carbocycles. The minimum Gasteiger partial charge on any atom is -0.335 e. The molecule has 42 heavy (non-hydrogen) atoms.